The number of oxazole rings is 1. The minimum atomic E-state index is -0.121. The average molecular weight is 364 g/mol. The number of hydrogen-bond acceptors (Lipinski definition) is 5. The van der Waals surface area contributed by atoms with E-state index in [1.165, 1.54) is 17.4 Å². The van der Waals surface area contributed by atoms with Crippen molar-refractivity contribution >= 4 is 5.91 Å². The second kappa shape index (κ2) is 7.53. The molecular weight excluding hydrogens is 344 g/mol. The lowest BCUT2D eigenvalue weighted by atomic mass is 10.00. The Kier molecular flexibility index (Phi) is 4.78. The van der Waals surface area contributed by atoms with E-state index in [1.807, 2.05) is 24.3 Å². The second-order valence-electron chi connectivity index (χ2n) is 6.34. The molecule has 6 heteroatoms. The summed E-state index contributed by atoms with van der Waals surface area (Å²) in [5.41, 5.74) is 2.79. The summed E-state index contributed by atoms with van der Waals surface area (Å²) in [6, 6.07) is 15.4. The number of rotatable bonds is 5. The van der Waals surface area contributed by atoms with Gasteiger partial charge in [0.05, 0.1) is 7.11 Å². The molecule has 0 aliphatic carbocycles. The molecular formula is C21H20N2O4. The van der Waals surface area contributed by atoms with Crippen LogP contribution in [0.5, 0.6) is 11.5 Å². The Balaban J connectivity index is 1.38. The molecule has 2 heterocycles. The van der Waals surface area contributed by atoms with Crippen LogP contribution in [0.15, 0.2) is 59.2 Å². The van der Waals surface area contributed by atoms with Crippen LogP contribution in [0.1, 0.15) is 27.5 Å². The molecule has 4 rings (SSSR count). The fourth-order valence-electron chi connectivity index (χ4n) is 3.12. The van der Waals surface area contributed by atoms with Crippen LogP contribution in [0.3, 0.4) is 0 Å². The first-order valence-corrected chi connectivity index (χ1v) is 8.80. The Bertz CT molecular complexity index is 933. The summed E-state index contributed by atoms with van der Waals surface area (Å²) < 4.78 is 16.2. The van der Waals surface area contributed by atoms with Gasteiger partial charge in [0.25, 0.3) is 5.91 Å². The molecule has 0 radical (unpaired) electrons. The standard InChI is InChI=1S/C21H20N2O4/c1-25-17-6-8-18(9-7-17)26-14-20-22-19(13-27-20)21(24)23-11-10-15-4-2-3-5-16(15)12-23/h2-9,13H,10-12,14H2,1H3. The number of carbonyl (C=O) groups is 1. The van der Waals surface area contributed by atoms with E-state index in [1.54, 1.807) is 24.1 Å². The van der Waals surface area contributed by atoms with Crippen LogP contribution >= 0.6 is 0 Å². The molecule has 0 atom stereocenters. The number of nitrogens with zero attached hydrogens (tertiary/aromatic N) is 2. The second-order valence-corrected chi connectivity index (χ2v) is 6.34. The van der Waals surface area contributed by atoms with Crippen LogP contribution < -0.4 is 9.47 Å². The summed E-state index contributed by atoms with van der Waals surface area (Å²) in [5, 5.41) is 0. The van der Waals surface area contributed by atoms with E-state index in [-0.39, 0.29) is 12.5 Å². The van der Waals surface area contributed by atoms with Crippen molar-refractivity contribution in [3.8, 4) is 11.5 Å². The monoisotopic (exact) mass is 364 g/mol. The molecule has 138 valence electrons. The molecule has 0 fully saturated rings. The van der Waals surface area contributed by atoms with Crippen LogP contribution in [0.4, 0.5) is 0 Å². The van der Waals surface area contributed by atoms with Crippen LogP contribution in [-0.4, -0.2) is 29.4 Å². The van der Waals surface area contributed by atoms with Gasteiger partial charge in [-0.3, -0.25) is 4.79 Å². The Hall–Kier alpha value is -3.28. The smallest absolute Gasteiger partial charge is 0.276 e. The first-order chi connectivity index (χ1) is 13.2. The molecule has 1 aliphatic rings. The normalized spacial score (nSPS) is 13.1. The fraction of sp³-hybridized carbons (Fsp3) is 0.238. The zero-order valence-electron chi connectivity index (χ0n) is 15.1. The zero-order chi connectivity index (χ0) is 18.6. The van der Waals surface area contributed by atoms with Gasteiger partial charge >= 0.3 is 0 Å². The van der Waals surface area contributed by atoms with Gasteiger partial charge in [-0.05, 0) is 41.8 Å². The molecule has 0 bridgehead atoms. The van der Waals surface area contributed by atoms with Crippen molar-refractivity contribution in [2.75, 3.05) is 13.7 Å². The van der Waals surface area contributed by atoms with E-state index in [0.29, 0.717) is 30.4 Å². The van der Waals surface area contributed by atoms with Gasteiger partial charge in [-0.25, -0.2) is 4.98 Å². The molecule has 27 heavy (non-hydrogen) atoms. The van der Waals surface area contributed by atoms with Crippen LogP contribution in [0.25, 0.3) is 0 Å². The molecule has 0 saturated carbocycles. The minimum absolute atomic E-state index is 0.121. The predicted octanol–water partition coefficient (Wildman–Crippen LogP) is 3.46. The van der Waals surface area contributed by atoms with E-state index in [2.05, 4.69) is 17.1 Å². The highest BCUT2D eigenvalue weighted by molar-refractivity contribution is 5.92. The molecule has 1 amide bonds. The van der Waals surface area contributed by atoms with Gasteiger partial charge in [-0.15, -0.1) is 0 Å². The van der Waals surface area contributed by atoms with Gasteiger partial charge in [-0.1, -0.05) is 24.3 Å². The predicted molar refractivity (Wildman–Crippen MR) is 98.7 cm³/mol. The van der Waals surface area contributed by atoms with E-state index < -0.39 is 0 Å². The highest BCUT2D eigenvalue weighted by atomic mass is 16.5. The summed E-state index contributed by atoms with van der Waals surface area (Å²) >= 11 is 0. The Morgan fingerprint density at radius 1 is 1.11 bits per heavy atom. The molecule has 0 N–H and O–H groups in total. The van der Waals surface area contributed by atoms with Crippen molar-refractivity contribution < 1.29 is 18.7 Å². The number of methoxy groups -OCH3 is 1. The number of fused-ring (bicyclic) bond motifs is 1. The van der Waals surface area contributed by atoms with Gasteiger partial charge < -0.3 is 18.8 Å². The van der Waals surface area contributed by atoms with Gasteiger partial charge in [0, 0.05) is 13.1 Å². The number of carbonyl (C=O) groups excluding carboxylic acids is 1. The van der Waals surface area contributed by atoms with Crippen molar-refractivity contribution in [1.82, 2.24) is 9.88 Å². The summed E-state index contributed by atoms with van der Waals surface area (Å²) in [7, 11) is 1.61. The first-order valence-electron chi connectivity index (χ1n) is 8.80. The molecule has 0 spiro atoms. The molecule has 6 nitrogen and oxygen atoms in total. The lowest BCUT2D eigenvalue weighted by Crippen LogP contribution is -2.36. The average Bonchev–Trinajstić information content (AvgIpc) is 3.21. The zero-order valence-corrected chi connectivity index (χ0v) is 15.1. The third-order valence-corrected chi connectivity index (χ3v) is 4.61. The molecule has 1 aliphatic heterocycles. The van der Waals surface area contributed by atoms with Crippen molar-refractivity contribution in [3.63, 3.8) is 0 Å². The van der Waals surface area contributed by atoms with Crippen LogP contribution in [0, 0.1) is 0 Å². The van der Waals surface area contributed by atoms with Crippen molar-refractivity contribution in [3.05, 3.63) is 77.5 Å². The van der Waals surface area contributed by atoms with Gasteiger partial charge in [0.2, 0.25) is 5.89 Å². The maximum atomic E-state index is 12.7. The van der Waals surface area contributed by atoms with E-state index in [4.69, 9.17) is 13.9 Å². The lowest BCUT2D eigenvalue weighted by Gasteiger charge is -2.28. The first kappa shape index (κ1) is 17.1. The number of hydrogen-bond donors (Lipinski definition) is 0. The molecule has 2 aromatic carbocycles. The van der Waals surface area contributed by atoms with E-state index in [0.717, 1.165) is 12.2 Å². The topological polar surface area (TPSA) is 64.8 Å². The minimum Gasteiger partial charge on any atom is -0.497 e. The molecule has 3 aromatic rings. The van der Waals surface area contributed by atoms with Crippen molar-refractivity contribution in [2.45, 2.75) is 19.6 Å². The number of aromatic nitrogens is 1. The molecule has 0 saturated heterocycles. The summed E-state index contributed by atoms with van der Waals surface area (Å²) in [5.74, 6) is 1.68. The van der Waals surface area contributed by atoms with E-state index in [9.17, 15) is 4.79 Å². The maximum absolute atomic E-state index is 12.7. The lowest BCUT2D eigenvalue weighted by molar-refractivity contribution is 0.0728. The summed E-state index contributed by atoms with van der Waals surface area (Å²) in [6.45, 7) is 1.43. The highest BCUT2D eigenvalue weighted by Crippen LogP contribution is 2.21. The third-order valence-electron chi connectivity index (χ3n) is 4.61. The maximum Gasteiger partial charge on any atom is 0.276 e. The largest absolute Gasteiger partial charge is 0.497 e. The number of ether oxygens (including phenoxy) is 2. The highest BCUT2D eigenvalue weighted by Gasteiger charge is 2.24. The number of benzene rings is 2. The third kappa shape index (κ3) is 3.79. The van der Waals surface area contributed by atoms with Crippen LogP contribution in [0.2, 0.25) is 0 Å². The Labute approximate surface area is 157 Å². The van der Waals surface area contributed by atoms with Gasteiger partial charge in [0.1, 0.15) is 17.8 Å². The fourth-order valence-corrected chi connectivity index (χ4v) is 3.12. The quantitative estimate of drug-likeness (QED) is 0.694. The number of amides is 1. The summed E-state index contributed by atoms with van der Waals surface area (Å²) in [4.78, 5) is 18.8. The van der Waals surface area contributed by atoms with Crippen molar-refractivity contribution in [2.24, 2.45) is 0 Å². The Morgan fingerprint density at radius 3 is 2.63 bits per heavy atom. The van der Waals surface area contributed by atoms with Crippen molar-refractivity contribution in [1.29, 1.82) is 0 Å². The Morgan fingerprint density at radius 2 is 1.85 bits per heavy atom. The van der Waals surface area contributed by atoms with E-state index >= 15 is 0 Å². The van der Waals surface area contributed by atoms with Gasteiger partial charge in [-0.2, -0.15) is 0 Å². The summed E-state index contributed by atoms with van der Waals surface area (Å²) in [6.07, 6.45) is 2.25. The molecule has 1 aromatic heterocycles. The molecule has 0 unspecified atom stereocenters. The SMILES string of the molecule is COc1ccc(OCc2nc(C(=O)N3CCc4ccccc4C3)co2)cc1. The van der Waals surface area contributed by atoms with Gasteiger partial charge in [0.15, 0.2) is 12.3 Å². The van der Waals surface area contributed by atoms with Crippen LogP contribution in [-0.2, 0) is 19.6 Å².